The Hall–Kier alpha value is -2.39. The van der Waals surface area contributed by atoms with Crippen LogP contribution in [0.2, 0.25) is 0 Å². The predicted molar refractivity (Wildman–Crippen MR) is 106 cm³/mol. The van der Waals surface area contributed by atoms with Gasteiger partial charge in [0.1, 0.15) is 24.4 Å². The van der Waals surface area contributed by atoms with Gasteiger partial charge in [-0.1, -0.05) is 0 Å². The lowest BCUT2D eigenvalue weighted by Gasteiger charge is -2.33. The molecule has 9 nitrogen and oxygen atoms in total. The van der Waals surface area contributed by atoms with E-state index in [0.717, 1.165) is 25.9 Å². The number of aryl methyl sites for hydroxylation is 1. The number of rotatable bonds is 4. The normalized spacial score (nSPS) is 19.5. The van der Waals surface area contributed by atoms with Gasteiger partial charge in [0.05, 0.1) is 7.11 Å². The van der Waals surface area contributed by atoms with E-state index in [1.807, 2.05) is 0 Å². The van der Waals surface area contributed by atoms with Gasteiger partial charge in [0, 0.05) is 25.6 Å². The highest BCUT2D eigenvalue weighted by Gasteiger charge is 2.31. The first-order valence-electron chi connectivity index (χ1n) is 9.40. The van der Waals surface area contributed by atoms with Crippen LogP contribution in [-0.2, 0) is 14.3 Å². The van der Waals surface area contributed by atoms with Crippen molar-refractivity contribution in [1.82, 2.24) is 15.1 Å². The molecule has 2 aliphatic rings. The van der Waals surface area contributed by atoms with Crippen LogP contribution >= 0.6 is 12.4 Å². The van der Waals surface area contributed by atoms with Crippen molar-refractivity contribution >= 4 is 30.2 Å². The van der Waals surface area contributed by atoms with Crippen molar-refractivity contribution in [1.29, 1.82) is 0 Å². The van der Waals surface area contributed by atoms with Crippen LogP contribution < -0.4 is 10.9 Å². The van der Waals surface area contributed by atoms with Crippen LogP contribution in [0.5, 0.6) is 0 Å². The molecule has 160 valence electrons. The molecule has 2 fully saturated rings. The molecule has 0 aromatic carbocycles. The van der Waals surface area contributed by atoms with Gasteiger partial charge in [-0.25, -0.2) is 4.79 Å². The number of carbonyl (C=O) groups excluding carboxylic acids is 3. The summed E-state index contributed by atoms with van der Waals surface area (Å²) in [5.41, 5.74) is -0.164. The van der Waals surface area contributed by atoms with E-state index in [0.29, 0.717) is 11.3 Å². The highest BCUT2D eigenvalue weighted by molar-refractivity contribution is 5.98. The fourth-order valence-corrected chi connectivity index (χ4v) is 3.61. The second-order valence-corrected chi connectivity index (χ2v) is 7.16. The lowest BCUT2D eigenvalue weighted by atomic mass is 9.95. The van der Waals surface area contributed by atoms with Crippen molar-refractivity contribution in [3.05, 3.63) is 33.4 Å². The molecule has 0 spiro atoms. The maximum Gasteiger partial charge on any atom is 0.349 e. The Balaban J connectivity index is 0.00000300. The van der Waals surface area contributed by atoms with Gasteiger partial charge in [0.15, 0.2) is 0 Å². The molecule has 0 bridgehead atoms. The van der Waals surface area contributed by atoms with Crippen LogP contribution in [0.15, 0.2) is 15.3 Å². The zero-order chi connectivity index (χ0) is 20.3. The van der Waals surface area contributed by atoms with Crippen molar-refractivity contribution in [2.24, 2.45) is 0 Å². The number of nitrogens with zero attached hydrogens (tertiary/aromatic N) is 2. The van der Waals surface area contributed by atoms with Gasteiger partial charge in [0.25, 0.3) is 5.91 Å². The van der Waals surface area contributed by atoms with E-state index in [1.54, 1.807) is 13.0 Å². The number of hydrogen-bond donors (Lipinski definition) is 1. The van der Waals surface area contributed by atoms with E-state index in [9.17, 15) is 19.2 Å². The first-order valence-corrected chi connectivity index (χ1v) is 9.40. The zero-order valence-electron chi connectivity index (χ0n) is 16.6. The summed E-state index contributed by atoms with van der Waals surface area (Å²) in [5, 5.41) is 3.28. The number of nitrogens with one attached hydrogen (secondary N) is 1. The number of piperazine rings is 1. The molecular weight excluding hydrogens is 402 g/mol. The first kappa shape index (κ1) is 22.9. The molecular formula is C19H26ClN3O6. The third-order valence-electron chi connectivity index (χ3n) is 5.23. The summed E-state index contributed by atoms with van der Waals surface area (Å²) in [6.45, 7) is 3.49. The molecule has 2 aliphatic heterocycles. The average molecular weight is 428 g/mol. The fraction of sp³-hybridized carbons (Fsp3) is 0.579. The molecule has 2 amide bonds. The quantitative estimate of drug-likeness (QED) is 0.688. The minimum absolute atomic E-state index is 0. The number of piperidine rings is 1. The van der Waals surface area contributed by atoms with E-state index in [1.165, 1.54) is 16.9 Å². The summed E-state index contributed by atoms with van der Waals surface area (Å²) in [4.78, 5) is 51.6. The Morgan fingerprint density at radius 3 is 2.66 bits per heavy atom. The smallest absolute Gasteiger partial charge is 0.349 e. The van der Waals surface area contributed by atoms with E-state index in [-0.39, 0.29) is 56.0 Å². The summed E-state index contributed by atoms with van der Waals surface area (Å²) in [7, 11) is 1.25. The summed E-state index contributed by atoms with van der Waals surface area (Å²) in [5.74, 6) is -0.696. The molecule has 1 N–H and O–H groups in total. The standard InChI is InChI=1S/C19H25N3O6.ClH/c1-12-8-14(13-4-3-5-20-9-13)28-19(26)17(12)18(25)22-7-6-21(15(23)10-22)11-16(24)27-2;/h8,13,20H,3-7,9-11H2,1-2H3;1H. The van der Waals surface area contributed by atoms with Crippen molar-refractivity contribution in [3.63, 3.8) is 0 Å². The third-order valence-corrected chi connectivity index (χ3v) is 5.23. The maximum atomic E-state index is 12.9. The third kappa shape index (κ3) is 5.16. The molecule has 3 rings (SSSR count). The van der Waals surface area contributed by atoms with Crippen LogP contribution in [-0.4, -0.2) is 74.0 Å². The van der Waals surface area contributed by atoms with E-state index in [2.05, 4.69) is 10.1 Å². The topological polar surface area (TPSA) is 109 Å². The van der Waals surface area contributed by atoms with Crippen LogP contribution in [0.1, 0.15) is 40.4 Å². The number of esters is 1. The Labute approximate surface area is 174 Å². The van der Waals surface area contributed by atoms with Crippen LogP contribution in [0, 0.1) is 6.92 Å². The number of halogens is 1. The molecule has 3 heterocycles. The van der Waals surface area contributed by atoms with Crippen molar-refractivity contribution in [2.45, 2.75) is 25.7 Å². The van der Waals surface area contributed by atoms with Gasteiger partial charge < -0.3 is 24.3 Å². The van der Waals surface area contributed by atoms with Crippen molar-refractivity contribution < 1.29 is 23.5 Å². The average Bonchev–Trinajstić information content (AvgIpc) is 2.69. The lowest BCUT2D eigenvalue weighted by molar-refractivity contribution is -0.148. The van der Waals surface area contributed by atoms with Gasteiger partial charge >= 0.3 is 11.6 Å². The van der Waals surface area contributed by atoms with Gasteiger partial charge in [-0.3, -0.25) is 14.4 Å². The second kappa shape index (κ2) is 9.89. The number of carbonyl (C=O) groups is 3. The van der Waals surface area contributed by atoms with Crippen LogP contribution in [0.3, 0.4) is 0 Å². The maximum absolute atomic E-state index is 12.9. The summed E-state index contributed by atoms with van der Waals surface area (Å²) in [6.07, 6.45) is 1.94. The van der Waals surface area contributed by atoms with E-state index in [4.69, 9.17) is 4.42 Å². The Morgan fingerprint density at radius 1 is 1.31 bits per heavy atom. The minimum Gasteiger partial charge on any atom is -0.468 e. The number of methoxy groups -OCH3 is 1. The predicted octanol–water partition coefficient (Wildman–Crippen LogP) is 0.294. The van der Waals surface area contributed by atoms with Gasteiger partial charge in [-0.15, -0.1) is 12.4 Å². The molecule has 0 saturated carbocycles. The number of hydrogen-bond acceptors (Lipinski definition) is 7. The minimum atomic E-state index is -0.671. The molecule has 0 aliphatic carbocycles. The SMILES string of the molecule is COC(=O)CN1CCN(C(=O)c2c(C)cc(C3CCCNC3)oc2=O)CC1=O.Cl. The van der Waals surface area contributed by atoms with Gasteiger partial charge in [-0.05, 0) is 37.9 Å². The summed E-state index contributed by atoms with van der Waals surface area (Å²) < 4.78 is 10.0. The zero-order valence-corrected chi connectivity index (χ0v) is 17.4. The Kier molecular flexibility index (Phi) is 7.80. The monoisotopic (exact) mass is 427 g/mol. The molecule has 0 radical (unpaired) electrons. The second-order valence-electron chi connectivity index (χ2n) is 7.16. The summed E-state index contributed by atoms with van der Waals surface area (Å²) >= 11 is 0. The highest BCUT2D eigenvalue weighted by atomic mass is 35.5. The van der Waals surface area contributed by atoms with E-state index < -0.39 is 17.5 Å². The molecule has 1 atom stereocenters. The van der Waals surface area contributed by atoms with Gasteiger partial charge in [-0.2, -0.15) is 0 Å². The molecule has 1 aromatic heterocycles. The first-order chi connectivity index (χ1) is 13.4. The molecule has 2 saturated heterocycles. The molecule has 1 unspecified atom stereocenters. The Morgan fingerprint density at radius 2 is 2.07 bits per heavy atom. The molecule has 29 heavy (non-hydrogen) atoms. The van der Waals surface area contributed by atoms with Crippen molar-refractivity contribution in [2.75, 3.05) is 46.4 Å². The van der Waals surface area contributed by atoms with Crippen LogP contribution in [0.25, 0.3) is 0 Å². The van der Waals surface area contributed by atoms with Crippen LogP contribution in [0.4, 0.5) is 0 Å². The number of ether oxygens (including phenoxy) is 1. The largest absolute Gasteiger partial charge is 0.468 e. The fourth-order valence-electron chi connectivity index (χ4n) is 3.61. The van der Waals surface area contributed by atoms with Crippen molar-refractivity contribution in [3.8, 4) is 0 Å². The van der Waals surface area contributed by atoms with E-state index >= 15 is 0 Å². The van der Waals surface area contributed by atoms with Gasteiger partial charge in [0.2, 0.25) is 5.91 Å². The highest BCUT2D eigenvalue weighted by Crippen LogP contribution is 2.24. The molecule has 10 heteroatoms. The Bertz CT molecular complexity index is 834. The lowest BCUT2D eigenvalue weighted by Crippen LogP contribution is -2.54. The summed E-state index contributed by atoms with van der Waals surface area (Å²) in [6, 6.07) is 1.75. The number of amides is 2. The molecule has 1 aromatic rings.